The summed E-state index contributed by atoms with van der Waals surface area (Å²) in [6.07, 6.45) is 0.805. The molecule has 5 atom stereocenters. The summed E-state index contributed by atoms with van der Waals surface area (Å²) in [4.78, 5) is 37.9. The molecule has 1 saturated heterocycles. The van der Waals surface area contributed by atoms with Gasteiger partial charge in [-0.3, -0.25) is 19.1 Å². The largest absolute Gasteiger partial charge is 0.462 e. The second-order valence-electron chi connectivity index (χ2n) is 8.31. The molecule has 0 aliphatic carbocycles. The smallest absolute Gasteiger partial charge is 0.330 e. The van der Waals surface area contributed by atoms with Crippen LogP contribution in [0.15, 0.2) is 46.1 Å². The molecule has 2 aromatic rings. The number of esters is 1. The molecular formula is C24H35FN3O7P. The molecule has 0 spiro atoms. The standard InChI is InChI=1S/C22H29FN3O7P.C2H6/c1-13(2)31-21(28)15(4)25-34(33-17-7-5-16(23)6-8-17)30-12-18-11-14(3)20(32-18)26-10-9-19(27)24-22(26)29;1-2/h5-10,13-15,18,20,25H,11-12H2,1-4H3,(H,24,27,29);1-2H3. The Morgan fingerprint density at radius 3 is 2.50 bits per heavy atom. The lowest BCUT2D eigenvalue weighted by Gasteiger charge is -2.23. The summed E-state index contributed by atoms with van der Waals surface area (Å²) in [6, 6.07) is 5.98. The van der Waals surface area contributed by atoms with Crippen LogP contribution in [0.25, 0.3) is 0 Å². The highest BCUT2D eigenvalue weighted by molar-refractivity contribution is 7.45. The van der Waals surface area contributed by atoms with Crippen molar-refractivity contribution in [1.82, 2.24) is 14.6 Å². The predicted molar refractivity (Wildman–Crippen MR) is 134 cm³/mol. The van der Waals surface area contributed by atoms with Crippen LogP contribution in [0.3, 0.4) is 0 Å². The minimum atomic E-state index is -1.82. The van der Waals surface area contributed by atoms with Crippen molar-refractivity contribution in [3.63, 3.8) is 0 Å². The number of ether oxygens (including phenoxy) is 2. The molecule has 0 radical (unpaired) electrons. The maximum absolute atomic E-state index is 13.3. The molecule has 36 heavy (non-hydrogen) atoms. The van der Waals surface area contributed by atoms with Crippen molar-refractivity contribution in [2.24, 2.45) is 5.92 Å². The van der Waals surface area contributed by atoms with Crippen molar-refractivity contribution in [2.75, 3.05) is 6.61 Å². The lowest BCUT2D eigenvalue weighted by Crippen LogP contribution is -2.35. The normalized spacial score (nSPS) is 20.8. The SMILES string of the molecule is CC.CC(C)OC(=O)C(C)NP(OCC1CC(C)C(n2ccc(=O)[nH]c2=O)O1)Oc1ccc(F)cc1. The van der Waals surface area contributed by atoms with Crippen molar-refractivity contribution in [3.8, 4) is 5.75 Å². The molecule has 0 saturated carbocycles. The Hall–Kier alpha value is -2.59. The number of hydrogen-bond acceptors (Lipinski definition) is 8. The highest BCUT2D eigenvalue weighted by Crippen LogP contribution is 2.39. The van der Waals surface area contributed by atoms with Crippen molar-refractivity contribution in [3.05, 3.63) is 63.2 Å². The molecule has 12 heteroatoms. The van der Waals surface area contributed by atoms with E-state index < -0.39 is 43.8 Å². The van der Waals surface area contributed by atoms with E-state index >= 15 is 0 Å². The van der Waals surface area contributed by atoms with E-state index in [1.54, 1.807) is 20.8 Å². The van der Waals surface area contributed by atoms with Gasteiger partial charge in [0.05, 0.1) is 18.8 Å². The van der Waals surface area contributed by atoms with E-state index in [9.17, 15) is 18.8 Å². The van der Waals surface area contributed by atoms with Crippen LogP contribution in [0.1, 0.15) is 54.2 Å². The first kappa shape index (κ1) is 29.6. The molecule has 2 heterocycles. The fraction of sp³-hybridized carbons (Fsp3) is 0.542. The number of carbonyl (C=O) groups is 1. The lowest BCUT2D eigenvalue weighted by molar-refractivity contribution is -0.149. The number of rotatable bonds is 10. The van der Waals surface area contributed by atoms with Crippen LogP contribution in [0.5, 0.6) is 5.75 Å². The Morgan fingerprint density at radius 2 is 1.89 bits per heavy atom. The maximum Gasteiger partial charge on any atom is 0.330 e. The van der Waals surface area contributed by atoms with Crippen molar-refractivity contribution >= 4 is 14.5 Å². The Balaban J connectivity index is 0.00000222. The zero-order chi connectivity index (χ0) is 26.8. The first-order valence-electron chi connectivity index (χ1n) is 11.9. The molecule has 1 fully saturated rings. The second-order valence-corrected chi connectivity index (χ2v) is 9.53. The van der Waals surface area contributed by atoms with Crippen LogP contribution in [0, 0.1) is 11.7 Å². The van der Waals surface area contributed by atoms with Crippen molar-refractivity contribution < 1.29 is 27.7 Å². The number of benzene rings is 1. The highest BCUT2D eigenvalue weighted by Gasteiger charge is 2.35. The van der Waals surface area contributed by atoms with Crippen LogP contribution in [-0.4, -0.2) is 40.4 Å². The molecule has 3 rings (SSSR count). The van der Waals surface area contributed by atoms with E-state index in [-0.39, 0.29) is 24.7 Å². The van der Waals surface area contributed by atoms with Gasteiger partial charge in [0.15, 0.2) is 0 Å². The average molecular weight is 528 g/mol. The molecule has 0 bridgehead atoms. The quantitative estimate of drug-likeness (QED) is 0.353. The van der Waals surface area contributed by atoms with Gasteiger partial charge in [-0.05, 0) is 51.5 Å². The zero-order valence-corrected chi connectivity index (χ0v) is 22.3. The lowest BCUT2D eigenvalue weighted by atomic mass is 10.1. The summed E-state index contributed by atoms with van der Waals surface area (Å²) in [6.45, 7) is 11.2. The average Bonchev–Trinajstić information content (AvgIpc) is 3.20. The third-order valence-electron chi connectivity index (χ3n) is 4.96. The summed E-state index contributed by atoms with van der Waals surface area (Å²) in [5.41, 5.74) is -1.03. The number of nitrogens with zero attached hydrogens (tertiary/aromatic N) is 1. The minimum Gasteiger partial charge on any atom is -0.462 e. The van der Waals surface area contributed by atoms with Gasteiger partial charge in [-0.25, -0.2) is 14.3 Å². The van der Waals surface area contributed by atoms with Crippen LogP contribution >= 0.6 is 8.53 Å². The van der Waals surface area contributed by atoms with E-state index in [0.29, 0.717) is 12.2 Å². The summed E-state index contributed by atoms with van der Waals surface area (Å²) in [7, 11) is -1.82. The third kappa shape index (κ3) is 8.81. The molecule has 1 aromatic carbocycles. The van der Waals surface area contributed by atoms with Gasteiger partial charge >= 0.3 is 20.2 Å². The molecule has 200 valence electrons. The van der Waals surface area contributed by atoms with E-state index in [1.807, 2.05) is 20.8 Å². The highest BCUT2D eigenvalue weighted by atomic mass is 31.2. The number of halogens is 1. The van der Waals surface area contributed by atoms with Gasteiger partial charge in [-0.15, -0.1) is 0 Å². The van der Waals surface area contributed by atoms with Crippen LogP contribution in [0.2, 0.25) is 0 Å². The molecule has 1 aromatic heterocycles. The van der Waals surface area contributed by atoms with Gasteiger partial charge < -0.3 is 18.5 Å². The molecular weight excluding hydrogens is 492 g/mol. The summed E-state index contributed by atoms with van der Waals surface area (Å²) < 4.78 is 37.6. The number of hydrogen-bond donors (Lipinski definition) is 2. The monoisotopic (exact) mass is 527 g/mol. The molecule has 0 amide bonds. The first-order chi connectivity index (χ1) is 17.1. The third-order valence-corrected chi connectivity index (χ3v) is 6.32. The molecule has 1 aliphatic rings. The second kappa shape index (κ2) is 14.2. The fourth-order valence-electron chi connectivity index (χ4n) is 3.37. The first-order valence-corrected chi connectivity index (χ1v) is 13.1. The number of carbonyl (C=O) groups excluding carboxylic acids is 1. The predicted octanol–water partition coefficient (Wildman–Crippen LogP) is 3.88. The van der Waals surface area contributed by atoms with Gasteiger partial charge in [0.25, 0.3) is 5.56 Å². The Labute approximate surface area is 211 Å². The van der Waals surface area contributed by atoms with Gasteiger partial charge in [-0.1, -0.05) is 20.8 Å². The Morgan fingerprint density at radius 1 is 1.22 bits per heavy atom. The fourth-order valence-corrected chi connectivity index (χ4v) is 4.59. The van der Waals surface area contributed by atoms with Crippen LogP contribution in [0.4, 0.5) is 4.39 Å². The van der Waals surface area contributed by atoms with Crippen LogP contribution in [-0.2, 0) is 18.8 Å². The van der Waals surface area contributed by atoms with E-state index in [2.05, 4.69) is 10.1 Å². The summed E-state index contributed by atoms with van der Waals surface area (Å²) >= 11 is 0. The minimum absolute atomic E-state index is 0.0191. The van der Waals surface area contributed by atoms with E-state index in [4.69, 9.17) is 18.5 Å². The van der Waals surface area contributed by atoms with Gasteiger partial charge in [0.1, 0.15) is 23.8 Å². The molecule has 10 nitrogen and oxygen atoms in total. The maximum atomic E-state index is 13.3. The topological polar surface area (TPSA) is 121 Å². The van der Waals surface area contributed by atoms with Crippen LogP contribution < -0.4 is 20.9 Å². The van der Waals surface area contributed by atoms with Crippen molar-refractivity contribution in [2.45, 2.75) is 72.4 Å². The number of aromatic amines is 1. The summed E-state index contributed by atoms with van der Waals surface area (Å²) in [5.74, 6) is -0.523. The Bertz CT molecular complexity index is 1080. The van der Waals surface area contributed by atoms with Crippen molar-refractivity contribution in [1.29, 1.82) is 0 Å². The number of H-pyrrole nitrogens is 1. The molecule has 1 aliphatic heterocycles. The molecule has 2 N–H and O–H groups in total. The van der Waals surface area contributed by atoms with Gasteiger partial charge in [-0.2, -0.15) is 0 Å². The Kier molecular flexibility index (Phi) is 11.7. The number of nitrogens with one attached hydrogen (secondary N) is 2. The van der Waals surface area contributed by atoms with Gasteiger partial charge in [0.2, 0.25) is 0 Å². The van der Waals surface area contributed by atoms with E-state index in [1.165, 1.54) is 41.1 Å². The van der Waals surface area contributed by atoms with E-state index in [0.717, 1.165) is 0 Å². The zero-order valence-electron chi connectivity index (χ0n) is 21.4. The number of aromatic nitrogens is 2. The summed E-state index contributed by atoms with van der Waals surface area (Å²) in [5, 5.41) is 2.98. The molecule has 5 unspecified atom stereocenters. The van der Waals surface area contributed by atoms with Gasteiger partial charge in [0, 0.05) is 18.2 Å².